The number of carbonyl (C=O) groups is 7. The zero-order chi connectivity index (χ0) is 50.3. The van der Waals surface area contributed by atoms with Gasteiger partial charge in [-0.05, 0) is 98.0 Å². The van der Waals surface area contributed by atoms with Crippen molar-refractivity contribution in [2.45, 2.75) is 96.6 Å². The molecule has 20 heteroatoms. The largest absolute Gasteiger partial charge is 0.514 e. The third kappa shape index (κ3) is 15.8. The van der Waals surface area contributed by atoms with Gasteiger partial charge in [0, 0.05) is 36.7 Å². The highest BCUT2D eigenvalue weighted by Gasteiger charge is 2.34. The summed E-state index contributed by atoms with van der Waals surface area (Å²) in [4.78, 5) is 102. The van der Waals surface area contributed by atoms with Gasteiger partial charge < -0.3 is 51.3 Å². The van der Waals surface area contributed by atoms with Gasteiger partial charge in [-0.3, -0.25) is 29.3 Å². The Morgan fingerprint density at radius 1 is 0.739 bits per heavy atom. The van der Waals surface area contributed by atoms with Crippen molar-refractivity contribution < 1.29 is 57.4 Å². The number of amides is 6. The van der Waals surface area contributed by atoms with Crippen molar-refractivity contribution >= 4 is 53.3 Å². The maximum atomic E-state index is 14.0. The van der Waals surface area contributed by atoms with E-state index in [1.54, 1.807) is 46.8 Å². The van der Waals surface area contributed by atoms with Crippen molar-refractivity contribution in [3.05, 3.63) is 124 Å². The Morgan fingerprint density at radius 3 is 1.93 bits per heavy atom. The van der Waals surface area contributed by atoms with Crippen LogP contribution >= 0.6 is 0 Å². The number of nitro benzene ring substituents is 1. The standard InChI is InChI=1S/C49H57N7O13/c1-29(2)42(55-44(59)40(24-25-41(57)69-49(3,4)5)54-47(62)66-28-38-36-13-8-6-11-34(36)35-12-7-9-14-37(35)38)45(60)53-39(15-10-26-51-46(50)61)43(58)52-31-18-16-30(17-19-31)27-67-48(63)68-33-22-20-32(21-23-33)56(64)65/h6-9,11-14,16-23,29,38-40,42H,10,15,24-28H2,1-5H3,(H,52,58)(H,53,60)(H,54,62)(H,55,59)(H3,50,51,61)/t39-,40-,42-/m0/s1. The minimum Gasteiger partial charge on any atom is -0.460 e. The van der Waals surface area contributed by atoms with Crippen LogP contribution in [0.15, 0.2) is 97.1 Å². The number of primary amides is 1. The number of esters is 1. The van der Waals surface area contributed by atoms with Crippen LogP contribution in [0, 0.1) is 16.0 Å². The number of nitro groups is 1. The number of non-ortho nitro benzene ring substituents is 1. The predicted octanol–water partition coefficient (Wildman–Crippen LogP) is 6.35. The molecule has 0 aromatic heterocycles. The summed E-state index contributed by atoms with van der Waals surface area (Å²) in [6.45, 7) is 8.26. The minimum atomic E-state index is -1.35. The molecule has 6 amide bonds. The summed E-state index contributed by atoms with van der Waals surface area (Å²) in [7, 11) is 0. The zero-order valence-corrected chi connectivity index (χ0v) is 38.9. The molecule has 0 radical (unpaired) electrons. The fraction of sp³-hybridized carbons (Fsp3) is 0.367. The predicted molar refractivity (Wildman–Crippen MR) is 252 cm³/mol. The van der Waals surface area contributed by atoms with Crippen LogP contribution in [0.2, 0.25) is 0 Å². The number of urea groups is 1. The van der Waals surface area contributed by atoms with Gasteiger partial charge in [0.2, 0.25) is 17.7 Å². The quantitative estimate of drug-likeness (QED) is 0.0133. The Labute approximate surface area is 398 Å². The topological polar surface area (TPSA) is 286 Å². The van der Waals surface area contributed by atoms with Crippen LogP contribution in [-0.4, -0.2) is 83.8 Å². The van der Waals surface area contributed by atoms with E-state index in [1.165, 1.54) is 36.4 Å². The number of alkyl carbamates (subject to hydrolysis) is 1. The van der Waals surface area contributed by atoms with E-state index in [0.29, 0.717) is 11.3 Å². The zero-order valence-electron chi connectivity index (χ0n) is 38.9. The van der Waals surface area contributed by atoms with Crippen LogP contribution in [0.25, 0.3) is 11.1 Å². The van der Waals surface area contributed by atoms with Gasteiger partial charge in [-0.2, -0.15) is 0 Å². The van der Waals surface area contributed by atoms with Gasteiger partial charge >= 0.3 is 24.2 Å². The van der Waals surface area contributed by atoms with Gasteiger partial charge in [-0.1, -0.05) is 74.5 Å². The normalized spacial score (nSPS) is 13.0. The van der Waals surface area contributed by atoms with Crippen molar-refractivity contribution in [2.24, 2.45) is 11.7 Å². The number of benzene rings is 4. The molecule has 7 N–H and O–H groups in total. The number of nitrogens with zero attached hydrogens (tertiary/aromatic N) is 1. The molecule has 0 saturated carbocycles. The molecule has 3 atom stereocenters. The lowest BCUT2D eigenvalue weighted by Gasteiger charge is -2.27. The van der Waals surface area contributed by atoms with Crippen LogP contribution < -0.4 is 37.1 Å². The van der Waals surface area contributed by atoms with Crippen LogP contribution in [0.1, 0.15) is 82.9 Å². The molecule has 4 aromatic carbocycles. The Morgan fingerprint density at radius 2 is 1.35 bits per heavy atom. The first-order chi connectivity index (χ1) is 32.8. The van der Waals surface area contributed by atoms with Crippen LogP contribution in [0.3, 0.4) is 0 Å². The van der Waals surface area contributed by atoms with Crippen LogP contribution in [-0.2, 0) is 40.0 Å². The first-order valence-corrected chi connectivity index (χ1v) is 22.2. The summed E-state index contributed by atoms with van der Waals surface area (Å²) in [5.74, 6) is -3.55. The molecule has 1 aliphatic rings. The highest BCUT2D eigenvalue weighted by atomic mass is 16.7. The number of carbonyl (C=O) groups excluding carboxylic acids is 7. The van der Waals surface area contributed by atoms with E-state index in [1.807, 2.05) is 48.5 Å². The van der Waals surface area contributed by atoms with Gasteiger partial charge in [0.25, 0.3) is 5.69 Å². The van der Waals surface area contributed by atoms with E-state index in [0.717, 1.165) is 22.3 Å². The number of hydrogen-bond donors (Lipinski definition) is 6. The van der Waals surface area contributed by atoms with Crippen molar-refractivity contribution in [3.63, 3.8) is 0 Å². The van der Waals surface area contributed by atoms with Gasteiger partial charge in [0.05, 0.1) is 4.92 Å². The van der Waals surface area contributed by atoms with Gasteiger partial charge in [-0.25, -0.2) is 14.4 Å². The third-order valence-corrected chi connectivity index (χ3v) is 10.7. The van der Waals surface area contributed by atoms with E-state index in [9.17, 15) is 43.7 Å². The molecule has 0 spiro atoms. The molecule has 366 valence electrons. The van der Waals surface area contributed by atoms with Gasteiger partial charge in [0.15, 0.2) is 0 Å². The minimum absolute atomic E-state index is 0.0290. The maximum absolute atomic E-state index is 14.0. The molecule has 0 saturated heterocycles. The molecular formula is C49H57N7O13. The van der Waals surface area contributed by atoms with Crippen LogP contribution in [0.4, 0.5) is 25.8 Å². The molecule has 20 nitrogen and oxygen atoms in total. The second-order valence-corrected chi connectivity index (χ2v) is 17.5. The Hall–Kier alpha value is -8.03. The first kappa shape index (κ1) is 51.9. The maximum Gasteiger partial charge on any atom is 0.514 e. The lowest BCUT2D eigenvalue weighted by molar-refractivity contribution is -0.384. The van der Waals surface area contributed by atoms with E-state index in [4.69, 9.17) is 24.7 Å². The third-order valence-electron chi connectivity index (χ3n) is 10.7. The Kier molecular flexibility index (Phi) is 18.2. The molecule has 69 heavy (non-hydrogen) atoms. The highest BCUT2D eigenvalue weighted by Crippen LogP contribution is 2.44. The highest BCUT2D eigenvalue weighted by molar-refractivity contribution is 5.99. The summed E-state index contributed by atoms with van der Waals surface area (Å²) < 4.78 is 21.3. The summed E-state index contributed by atoms with van der Waals surface area (Å²) in [6.07, 6.45) is -2.19. The van der Waals surface area contributed by atoms with E-state index < -0.39 is 76.5 Å². The Balaban J connectivity index is 1.23. The summed E-state index contributed by atoms with van der Waals surface area (Å²) in [5.41, 5.74) is 9.08. The molecule has 0 unspecified atom stereocenters. The molecular weight excluding hydrogens is 895 g/mol. The number of nitrogens with one attached hydrogen (secondary N) is 5. The number of ether oxygens (including phenoxy) is 4. The number of rotatable bonds is 21. The Bertz CT molecular complexity index is 2450. The molecule has 0 fully saturated rings. The molecule has 0 heterocycles. The SMILES string of the molecule is CC(C)[C@H](NC(=O)[C@H](CCC(=O)OC(C)(C)C)NC(=O)OCC1c2ccccc2-c2ccccc21)C(=O)N[C@@H](CCCNC(N)=O)C(=O)Nc1ccc(COC(=O)Oc2ccc([N+](=O)[O-])cc2)cc1. The van der Waals surface area contributed by atoms with Crippen LogP contribution in [0.5, 0.6) is 5.75 Å². The fourth-order valence-electron chi connectivity index (χ4n) is 7.36. The van der Waals surface area contributed by atoms with Crippen molar-refractivity contribution in [3.8, 4) is 16.9 Å². The second-order valence-electron chi connectivity index (χ2n) is 17.5. The van der Waals surface area contributed by atoms with Crippen molar-refractivity contribution in [1.29, 1.82) is 0 Å². The van der Waals surface area contributed by atoms with Gasteiger partial charge in [0.1, 0.15) is 42.7 Å². The molecule has 1 aliphatic carbocycles. The van der Waals surface area contributed by atoms with Gasteiger partial charge in [-0.15, -0.1) is 0 Å². The number of anilines is 1. The van der Waals surface area contributed by atoms with Crippen molar-refractivity contribution in [2.75, 3.05) is 18.5 Å². The number of hydrogen-bond acceptors (Lipinski definition) is 13. The fourth-order valence-corrected chi connectivity index (χ4v) is 7.36. The summed E-state index contributed by atoms with van der Waals surface area (Å²) >= 11 is 0. The average Bonchev–Trinajstić information content (AvgIpc) is 3.62. The smallest absolute Gasteiger partial charge is 0.460 e. The lowest BCUT2D eigenvalue weighted by atomic mass is 9.98. The first-order valence-electron chi connectivity index (χ1n) is 22.2. The van der Waals surface area contributed by atoms with E-state index in [-0.39, 0.29) is 62.8 Å². The number of nitrogens with two attached hydrogens (primary N) is 1. The monoisotopic (exact) mass is 951 g/mol. The van der Waals surface area contributed by atoms with Crippen molar-refractivity contribution in [1.82, 2.24) is 21.3 Å². The molecule has 5 rings (SSSR count). The average molecular weight is 952 g/mol. The second kappa shape index (κ2) is 24.1. The molecule has 4 aromatic rings. The molecule has 0 aliphatic heterocycles. The van der Waals surface area contributed by atoms with E-state index in [2.05, 4.69) is 26.6 Å². The lowest BCUT2D eigenvalue weighted by Crippen LogP contribution is -2.58. The molecule has 0 bridgehead atoms. The van der Waals surface area contributed by atoms with E-state index >= 15 is 0 Å². The summed E-state index contributed by atoms with van der Waals surface area (Å²) in [6, 6.07) is 22.1. The number of fused-ring (bicyclic) bond motifs is 3. The summed E-state index contributed by atoms with van der Waals surface area (Å²) in [5, 5.41) is 24.0.